The molecule has 1 saturated heterocycles. The third kappa shape index (κ3) is 21.4. The first-order valence-electron chi connectivity index (χ1n) is 24.9. The number of piperidine rings is 1. The van der Waals surface area contributed by atoms with Gasteiger partial charge in [-0.3, -0.25) is 43.3 Å². The van der Waals surface area contributed by atoms with Crippen molar-refractivity contribution in [2.75, 3.05) is 52.0 Å². The summed E-state index contributed by atoms with van der Waals surface area (Å²) in [6, 6.07) is 2.98. The molecule has 2 unspecified atom stereocenters. The first kappa shape index (κ1) is 62.3. The molecule has 0 aliphatic carbocycles. The molecule has 3 rings (SSSR count). The SMILES string of the molecule is CCCC(=O)OCN(C(=O)[C@@H](NC(=O)C1CCCCN1C)C(C)CC)[C@H](C[C@@H](OC(C)=O)c1nc(C(=O)N[C@@H](Cc2ccc(O)cc2)C[C@H](C)C(=O)NCC(=O)OCCSSC[C@@H](NC)C(=O)O)cs1)C(C)C. The maximum atomic E-state index is 14.9. The average Bonchev–Trinajstić information content (AvgIpc) is 3.85. The van der Waals surface area contributed by atoms with Crippen molar-refractivity contribution in [2.45, 2.75) is 143 Å². The lowest BCUT2D eigenvalue weighted by atomic mass is 9.92. The Balaban J connectivity index is 1.82. The van der Waals surface area contributed by atoms with Crippen LogP contribution in [-0.2, 0) is 54.2 Å². The van der Waals surface area contributed by atoms with Gasteiger partial charge in [0.25, 0.3) is 5.91 Å². The third-order valence-electron chi connectivity index (χ3n) is 12.6. The number of hydrogen-bond acceptors (Lipinski definition) is 18. The van der Waals surface area contributed by atoms with Gasteiger partial charge in [-0.2, -0.15) is 0 Å². The molecule has 1 aromatic heterocycles. The average molecular weight is 1080 g/mol. The lowest BCUT2D eigenvalue weighted by Crippen LogP contribution is -2.59. The number of aromatic nitrogens is 1. The predicted molar refractivity (Wildman–Crippen MR) is 280 cm³/mol. The Morgan fingerprint density at radius 3 is 2.29 bits per heavy atom. The summed E-state index contributed by atoms with van der Waals surface area (Å²) in [7, 11) is 6.14. The highest BCUT2D eigenvalue weighted by molar-refractivity contribution is 8.76. The fourth-order valence-corrected chi connectivity index (χ4v) is 11.0. The third-order valence-corrected chi connectivity index (χ3v) is 15.9. The van der Waals surface area contributed by atoms with Gasteiger partial charge < -0.3 is 50.6 Å². The molecule has 1 aliphatic heterocycles. The highest BCUT2D eigenvalue weighted by Gasteiger charge is 2.39. The van der Waals surface area contributed by atoms with Gasteiger partial charge in [-0.1, -0.05) is 88.1 Å². The second kappa shape index (κ2) is 32.4. The molecule has 1 aromatic carbocycles. The molecule has 0 saturated carbocycles. The van der Waals surface area contributed by atoms with E-state index in [1.165, 1.54) is 50.9 Å². The van der Waals surface area contributed by atoms with Crippen molar-refractivity contribution < 1.29 is 62.8 Å². The monoisotopic (exact) mass is 1080 g/mol. The van der Waals surface area contributed by atoms with Crippen LogP contribution >= 0.6 is 32.9 Å². The van der Waals surface area contributed by atoms with Crippen LogP contribution in [0.3, 0.4) is 0 Å². The second-order valence-electron chi connectivity index (χ2n) is 18.7. The molecular formula is C50H77N7O13S3. The minimum absolute atomic E-state index is 0.00255. The van der Waals surface area contributed by atoms with E-state index >= 15 is 0 Å². The van der Waals surface area contributed by atoms with Crippen molar-refractivity contribution in [3.8, 4) is 5.75 Å². The van der Waals surface area contributed by atoms with Crippen molar-refractivity contribution in [1.82, 2.24) is 36.1 Å². The molecule has 0 spiro atoms. The van der Waals surface area contributed by atoms with Crippen LogP contribution in [0, 0.1) is 17.8 Å². The lowest BCUT2D eigenvalue weighted by Gasteiger charge is -2.39. The van der Waals surface area contributed by atoms with Gasteiger partial charge in [0.15, 0.2) is 12.8 Å². The van der Waals surface area contributed by atoms with Crippen LogP contribution in [0.1, 0.15) is 127 Å². The van der Waals surface area contributed by atoms with Gasteiger partial charge in [0.05, 0.1) is 6.04 Å². The minimum Gasteiger partial charge on any atom is -0.508 e. The molecule has 0 bridgehead atoms. The molecular weight excluding hydrogens is 1000 g/mol. The molecule has 23 heteroatoms. The summed E-state index contributed by atoms with van der Waals surface area (Å²) in [5.74, 6) is -5.00. The van der Waals surface area contributed by atoms with Crippen LogP contribution in [0.2, 0.25) is 0 Å². The Hall–Kier alpha value is -4.97. The molecule has 6 N–H and O–H groups in total. The molecule has 20 nitrogen and oxygen atoms in total. The number of esters is 3. The van der Waals surface area contributed by atoms with E-state index in [0.717, 1.165) is 36.3 Å². The molecule has 0 radical (unpaired) electrons. The number of nitrogens with zero attached hydrogens (tertiary/aromatic N) is 3. The minimum atomic E-state index is -1.05. The van der Waals surface area contributed by atoms with Crippen LogP contribution < -0.4 is 21.3 Å². The highest BCUT2D eigenvalue weighted by atomic mass is 33.1. The van der Waals surface area contributed by atoms with Crippen LogP contribution in [-0.4, -0.2) is 155 Å². The van der Waals surface area contributed by atoms with Gasteiger partial charge in [-0.25, -0.2) is 4.98 Å². The summed E-state index contributed by atoms with van der Waals surface area (Å²) >= 11 is 1.08. The lowest BCUT2D eigenvalue weighted by molar-refractivity contribution is -0.160. The summed E-state index contributed by atoms with van der Waals surface area (Å²) in [5, 5.41) is 32.2. The number of carbonyl (C=O) groups excluding carboxylic acids is 7. The summed E-state index contributed by atoms with van der Waals surface area (Å²) in [6.07, 6.45) is 3.08. The van der Waals surface area contributed by atoms with Crippen LogP contribution in [0.15, 0.2) is 29.6 Å². The van der Waals surface area contributed by atoms with Crippen molar-refractivity contribution in [1.29, 1.82) is 0 Å². The molecule has 4 amide bonds. The van der Waals surface area contributed by atoms with Crippen molar-refractivity contribution in [3.63, 3.8) is 0 Å². The first-order valence-corrected chi connectivity index (χ1v) is 28.3. The summed E-state index contributed by atoms with van der Waals surface area (Å²) in [6.45, 7) is 12.3. The molecule has 2 aromatic rings. The fourth-order valence-electron chi connectivity index (χ4n) is 8.11. The second-order valence-corrected chi connectivity index (χ2v) is 22.2. The van der Waals surface area contributed by atoms with E-state index in [-0.39, 0.29) is 73.0 Å². The number of carbonyl (C=O) groups is 8. The number of aliphatic carboxylic acids is 1. The number of phenolic OH excluding ortho intramolecular Hbond substituents is 1. The number of phenols is 1. The Kier molecular flexibility index (Phi) is 27.6. The van der Waals surface area contributed by atoms with E-state index in [0.29, 0.717) is 30.8 Å². The number of benzene rings is 1. The topological polar surface area (TPSA) is 272 Å². The largest absolute Gasteiger partial charge is 0.508 e. The smallest absolute Gasteiger partial charge is 0.325 e. The summed E-state index contributed by atoms with van der Waals surface area (Å²) in [5.41, 5.74) is 0.757. The quantitative estimate of drug-likeness (QED) is 0.0183. The van der Waals surface area contributed by atoms with Crippen molar-refractivity contribution >= 4 is 80.4 Å². The predicted octanol–water partition coefficient (Wildman–Crippen LogP) is 5.09. The Morgan fingerprint density at radius 2 is 1.67 bits per heavy atom. The molecule has 408 valence electrons. The maximum Gasteiger partial charge on any atom is 0.325 e. The van der Waals surface area contributed by atoms with E-state index in [4.69, 9.17) is 19.3 Å². The van der Waals surface area contributed by atoms with Gasteiger partial charge in [0.2, 0.25) is 17.7 Å². The van der Waals surface area contributed by atoms with Gasteiger partial charge in [-0.15, -0.1) is 11.3 Å². The highest BCUT2D eigenvalue weighted by Crippen LogP contribution is 2.32. The van der Waals surface area contributed by atoms with Gasteiger partial charge in [0.1, 0.15) is 41.7 Å². The molecule has 1 aliphatic rings. The van der Waals surface area contributed by atoms with Gasteiger partial charge in [-0.05, 0) is 82.3 Å². The number of thiazole rings is 1. The summed E-state index contributed by atoms with van der Waals surface area (Å²) < 4.78 is 16.8. The van der Waals surface area contributed by atoms with E-state index in [2.05, 4.69) is 26.3 Å². The standard InChI is InChI=1S/C50H77N7O13S3/c1-10-14-42(60)69-29-57(49(65)44(31(5)11-2)55-47(64)39-15-12-13-20-56(39)9)40(30(3)4)25-41(70-33(7)58)48-54-37(27-71-48)46(63)53-35(24-34-16-18-36(59)19-17-34)23-32(6)45(62)52-26-43(61)68-21-22-72-73-28-38(51-8)50(66)67/h16-19,27,30-32,35,38-41,44,51,59H,10-15,20-26,28-29H2,1-9H3,(H,52,62)(H,53,63)(H,55,64)(H,66,67)/t31?,32-,35+,38+,39?,40+,41+,44-/m0/s1. The van der Waals surface area contributed by atoms with Crippen molar-refractivity contribution in [3.05, 3.63) is 45.9 Å². The zero-order valence-electron chi connectivity index (χ0n) is 43.6. The molecule has 1 fully saturated rings. The van der Waals surface area contributed by atoms with E-state index < -0.39 is 90.6 Å². The zero-order valence-corrected chi connectivity index (χ0v) is 46.1. The number of nitrogens with one attached hydrogen (secondary N) is 4. The Bertz CT molecular complexity index is 2110. The fraction of sp³-hybridized carbons (Fsp3) is 0.660. The zero-order chi connectivity index (χ0) is 54.2. The normalized spacial score (nSPS) is 16.7. The number of likely N-dealkylation sites (tertiary alicyclic amines) is 1. The number of carboxylic acid groups (broad SMARTS) is 1. The van der Waals surface area contributed by atoms with Crippen molar-refractivity contribution in [2.24, 2.45) is 17.8 Å². The van der Waals surface area contributed by atoms with E-state index in [9.17, 15) is 43.5 Å². The maximum absolute atomic E-state index is 14.9. The number of rotatable bonds is 32. The number of carboxylic acids is 1. The molecule has 2 heterocycles. The van der Waals surface area contributed by atoms with Crippen LogP contribution in [0.4, 0.5) is 0 Å². The Labute approximate surface area is 441 Å². The number of amides is 4. The first-order chi connectivity index (χ1) is 34.7. The molecule has 73 heavy (non-hydrogen) atoms. The Morgan fingerprint density at radius 1 is 0.959 bits per heavy atom. The van der Waals surface area contributed by atoms with Crippen LogP contribution in [0.25, 0.3) is 0 Å². The number of aromatic hydroxyl groups is 1. The van der Waals surface area contributed by atoms with Gasteiger partial charge in [0, 0.05) is 54.7 Å². The number of likely N-dealkylation sites (N-methyl/N-ethyl adjacent to an activating group) is 2. The van der Waals surface area contributed by atoms with E-state index in [1.807, 2.05) is 46.6 Å². The summed E-state index contributed by atoms with van der Waals surface area (Å²) in [4.78, 5) is 113. The van der Waals surface area contributed by atoms with E-state index in [1.54, 1.807) is 26.1 Å². The van der Waals surface area contributed by atoms with Gasteiger partial charge >= 0.3 is 23.9 Å². The van der Waals surface area contributed by atoms with Crippen LogP contribution in [0.5, 0.6) is 5.75 Å². The number of ether oxygens (including phenoxy) is 3. The number of hydrogen-bond donors (Lipinski definition) is 6. The molecule has 8 atom stereocenters.